The Balaban J connectivity index is 2.03. The fourth-order valence-electron chi connectivity index (χ4n) is 3.71. The molecule has 0 saturated heterocycles. The molecule has 1 aliphatic carbocycles. The molecule has 0 amide bonds. The molecule has 1 fully saturated rings. The van der Waals surface area contributed by atoms with Crippen molar-refractivity contribution in [3.63, 3.8) is 0 Å². The van der Waals surface area contributed by atoms with E-state index in [9.17, 15) is 18.0 Å². The predicted molar refractivity (Wildman–Crippen MR) is 118 cm³/mol. The van der Waals surface area contributed by atoms with Crippen molar-refractivity contribution < 1.29 is 18.0 Å². The Bertz CT molecular complexity index is 1020. The molecule has 1 aliphatic rings. The number of hydrogen-bond acceptors (Lipinski definition) is 3. The second kappa shape index (κ2) is 8.67. The number of nitriles is 1. The Labute approximate surface area is 184 Å². The van der Waals surface area contributed by atoms with E-state index in [4.69, 9.17) is 17.5 Å². The number of halogens is 3. The number of carbonyl (C=O) groups excluding carboxylic acids is 1. The number of hydrogen-bond donors (Lipinski definition) is 0. The number of alkyl halides is 3. The van der Waals surface area contributed by atoms with Gasteiger partial charge in [0.15, 0.2) is 5.11 Å². The van der Waals surface area contributed by atoms with E-state index in [0.29, 0.717) is 18.5 Å². The number of thiocarbonyl (C=S) groups is 1. The maximum absolute atomic E-state index is 13.4. The van der Waals surface area contributed by atoms with Crippen molar-refractivity contribution in [3.05, 3.63) is 59.2 Å². The monoisotopic (exact) mass is 445 g/mol. The number of benzene rings is 2. The molecule has 1 saturated carbocycles. The van der Waals surface area contributed by atoms with Crippen LogP contribution in [0.25, 0.3) is 0 Å². The Morgan fingerprint density at radius 3 is 2.26 bits per heavy atom. The number of carbonyl (C=O) groups is 1. The molecule has 0 aromatic heterocycles. The summed E-state index contributed by atoms with van der Waals surface area (Å²) in [5.74, 6) is 0. The zero-order valence-electron chi connectivity index (χ0n) is 17.2. The molecule has 0 bridgehead atoms. The van der Waals surface area contributed by atoms with Gasteiger partial charge in [0.25, 0.3) is 0 Å². The van der Waals surface area contributed by atoms with Crippen molar-refractivity contribution in [2.24, 2.45) is 0 Å². The first-order valence-electron chi connectivity index (χ1n) is 9.91. The van der Waals surface area contributed by atoms with E-state index < -0.39 is 22.8 Å². The lowest BCUT2D eigenvalue weighted by atomic mass is 9.76. The van der Waals surface area contributed by atoms with Gasteiger partial charge in [-0.3, -0.25) is 0 Å². The molecule has 8 heteroatoms. The average Bonchev–Trinajstić information content (AvgIpc) is 2.74. The fraction of sp³-hybridized carbons (Fsp3) is 0.348. The van der Waals surface area contributed by atoms with E-state index in [-0.39, 0.29) is 10.8 Å². The summed E-state index contributed by atoms with van der Waals surface area (Å²) in [5, 5.41) is 9.26. The lowest BCUT2D eigenvalue weighted by Gasteiger charge is -2.49. The molecule has 2 aromatic carbocycles. The van der Waals surface area contributed by atoms with Gasteiger partial charge in [0.2, 0.25) is 0 Å². The van der Waals surface area contributed by atoms with Crippen molar-refractivity contribution in [1.29, 1.82) is 5.26 Å². The highest BCUT2D eigenvalue weighted by atomic mass is 32.1. The number of anilines is 2. The summed E-state index contributed by atoms with van der Waals surface area (Å²) >= 11 is 5.68. The maximum Gasteiger partial charge on any atom is 0.417 e. The molecule has 0 heterocycles. The molecular weight excluding hydrogens is 423 g/mol. The summed E-state index contributed by atoms with van der Waals surface area (Å²) < 4.78 is 40.3. The van der Waals surface area contributed by atoms with Gasteiger partial charge in [-0.25, -0.2) is 0 Å². The van der Waals surface area contributed by atoms with Crippen LogP contribution >= 0.6 is 12.2 Å². The Morgan fingerprint density at radius 1 is 1.19 bits per heavy atom. The van der Waals surface area contributed by atoms with E-state index in [1.165, 1.54) is 11.0 Å². The summed E-state index contributed by atoms with van der Waals surface area (Å²) in [5.41, 5.74) is -0.268. The van der Waals surface area contributed by atoms with E-state index in [1.807, 2.05) is 31.2 Å². The van der Waals surface area contributed by atoms with E-state index >= 15 is 0 Å². The quantitative estimate of drug-likeness (QED) is 0.450. The van der Waals surface area contributed by atoms with Crippen LogP contribution in [-0.4, -0.2) is 24.0 Å². The molecule has 2 aromatic rings. The topological polar surface area (TPSA) is 47.3 Å². The van der Waals surface area contributed by atoms with Crippen LogP contribution in [0, 0.1) is 11.3 Å². The highest BCUT2D eigenvalue weighted by Crippen LogP contribution is 2.41. The molecule has 0 spiro atoms. The predicted octanol–water partition coefficient (Wildman–Crippen LogP) is 5.49. The number of aryl methyl sites for hydroxylation is 1. The molecule has 0 radical (unpaired) electrons. The van der Waals surface area contributed by atoms with Crippen LogP contribution in [0.3, 0.4) is 0 Å². The van der Waals surface area contributed by atoms with Crippen molar-refractivity contribution >= 4 is 35.0 Å². The lowest BCUT2D eigenvalue weighted by Crippen LogP contribution is -2.60. The van der Waals surface area contributed by atoms with Gasteiger partial charge in [-0.05, 0) is 73.8 Å². The third-order valence-electron chi connectivity index (χ3n) is 5.78. The van der Waals surface area contributed by atoms with E-state index in [0.717, 1.165) is 36.8 Å². The van der Waals surface area contributed by atoms with Gasteiger partial charge in [-0.1, -0.05) is 19.1 Å². The van der Waals surface area contributed by atoms with Gasteiger partial charge in [-0.2, -0.15) is 18.4 Å². The Hall–Kier alpha value is -2.92. The zero-order valence-corrected chi connectivity index (χ0v) is 18.1. The summed E-state index contributed by atoms with van der Waals surface area (Å²) in [7, 11) is 1.56. The van der Waals surface area contributed by atoms with Crippen molar-refractivity contribution in [1.82, 2.24) is 0 Å². The molecule has 4 nitrogen and oxygen atoms in total. The first kappa shape index (κ1) is 22.8. The highest BCUT2D eigenvalue weighted by Gasteiger charge is 2.45. The van der Waals surface area contributed by atoms with Gasteiger partial charge in [0.05, 0.1) is 17.2 Å². The third-order valence-corrected chi connectivity index (χ3v) is 6.24. The largest absolute Gasteiger partial charge is 0.417 e. The first-order chi connectivity index (χ1) is 14.7. The van der Waals surface area contributed by atoms with E-state index in [2.05, 4.69) is 0 Å². The Morgan fingerprint density at radius 2 is 1.81 bits per heavy atom. The minimum absolute atomic E-state index is 0.187. The normalized spacial score (nSPS) is 14.8. The van der Waals surface area contributed by atoms with Gasteiger partial charge in [0.1, 0.15) is 11.8 Å². The molecule has 0 atom stereocenters. The summed E-state index contributed by atoms with van der Waals surface area (Å²) in [6, 6.07) is 12.7. The minimum atomic E-state index is -4.67. The average molecular weight is 446 g/mol. The van der Waals surface area contributed by atoms with Crippen molar-refractivity contribution in [2.75, 3.05) is 16.8 Å². The Kier molecular flexibility index (Phi) is 6.37. The molecular formula is C23H22F3N3OS. The zero-order chi connectivity index (χ0) is 22.8. The van der Waals surface area contributed by atoms with Gasteiger partial charge in [0, 0.05) is 18.4 Å². The van der Waals surface area contributed by atoms with Crippen LogP contribution < -0.4 is 9.80 Å². The van der Waals surface area contributed by atoms with Crippen LogP contribution in [0.5, 0.6) is 0 Å². The third kappa shape index (κ3) is 4.28. The molecule has 0 aliphatic heterocycles. The highest BCUT2D eigenvalue weighted by molar-refractivity contribution is 7.80. The summed E-state index contributed by atoms with van der Waals surface area (Å²) in [6.07, 6.45) is -0.845. The summed E-state index contributed by atoms with van der Waals surface area (Å²) in [6.45, 7) is 2.03. The maximum atomic E-state index is 13.4. The number of nitrogens with zero attached hydrogens (tertiary/aromatic N) is 3. The van der Waals surface area contributed by atoms with Crippen LogP contribution in [0.4, 0.5) is 24.5 Å². The van der Waals surface area contributed by atoms with Crippen LogP contribution in [-0.2, 0) is 17.4 Å². The van der Waals surface area contributed by atoms with Crippen molar-refractivity contribution in [2.45, 2.75) is 44.3 Å². The lowest BCUT2D eigenvalue weighted by molar-refractivity contribution is -0.137. The smallest absolute Gasteiger partial charge is 0.322 e. The van der Waals surface area contributed by atoms with Crippen LogP contribution in [0.2, 0.25) is 0 Å². The van der Waals surface area contributed by atoms with Crippen molar-refractivity contribution in [3.8, 4) is 6.07 Å². The second-order valence-electron chi connectivity index (χ2n) is 7.61. The van der Waals surface area contributed by atoms with Crippen LogP contribution in [0.1, 0.15) is 42.9 Å². The van der Waals surface area contributed by atoms with Gasteiger partial charge in [-0.15, -0.1) is 0 Å². The van der Waals surface area contributed by atoms with Gasteiger partial charge >= 0.3 is 6.18 Å². The minimum Gasteiger partial charge on any atom is -0.322 e. The molecule has 31 heavy (non-hydrogen) atoms. The molecule has 3 rings (SSSR count). The fourth-order valence-corrected chi connectivity index (χ4v) is 4.10. The SMILES string of the molecule is CCc1ccc(N(C(=S)N(C)c2ccc(C#N)c(C(F)(F)F)c2)C2(C=O)CCC2)cc1. The molecule has 162 valence electrons. The van der Waals surface area contributed by atoms with Gasteiger partial charge < -0.3 is 14.6 Å². The molecule has 0 N–H and O–H groups in total. The second-order valence-corrected chi connectivity index (χ2v) is 7.98. The van der Waals surface area contributed by atoms with Crippen LogP contribution in [0.15, 0.2) is 42.5 Å². The number of aldehydes is 1. The number of rotatable bonds is 5. The van der Waals surface area contributed by atoms with E-state index in [1.54, 1.807) is 18.0 Å². The standard InChI is InChI=1S/C23H22F3N3OS/c1-3-16-5-8-18(9-6-16)29(22(15-30)11-4-12-22)21(31)28(2)19-10-7-17(14-27)20(13-19)23(24,25)26/h5-10,13,15H,3-4,11-12H2,1-2H3. The summed E-state index contributed by atoms with van der Waals surface area (Å²) in [4.78, 5) is 15.3. The first-order valence-corrected chi connectivity index (χ1v) is 10.3. The molecule has 0 unspecified atom stereocenters.